The van der Waals surface area contributed by atoms with Gasteiger partial charge in [0.2, 0.25) is 0 Å². The van der Waals surface area contributed by atoms with Gasteiger partial charge in [-0.05, 0) is 26.3 Å². The largest absolute Gasteiger partial charge is 0.424 e. The first-order valence-electron chi connectivity index (χ1n) is 5.25. The Morgan fingerprint density at radius 2 is 2.06 bits per heavy atom. The van der Waals surface area contributed by atoms with E-state index in [0.717, 1.165) is 26.0 Å². The molecule has 16 heavy (non-hydrogen) atoms. The van der Waals surface area contributed by atoms with Crippen LogP contribution in [0.5, 0.6) is 0 Å². The van der Waals surface area contributed by atoms with Crippen molar-refractivity contribution < 1.29 is 28.6 Å². The molecule has 0 bridgehead atoms. The van der Waals surface area contributed by atoms with E-state index in [2.05, 4.69) is 0 Å². The Balaban J connectivity index is 3.55. The van der Waals surface area contributed by atoms with E-state index in [4.69, 9.17) is 18.9 Å². The van der Waals surface area contributed by atoms with Gasteiger partial charge in [0.05, 0.1) is 6.61 Å². The molecule has 98 valence electrons. The third-order valence-electron chi connectivity index (χ3n) is 2.03. The van der Waals surface area contributed by atoms with E-state index in [1.807, 2.05) is 6.92 Å². The second-order valence-electron chi connectivity index (χ2n) is 3.72. The fraction of sp³-hybridized carbons (Fsp3) is 1.00. The average molecular weight is 272 g/mol. The summed E-state index contributed by atoms with van der Waals surface area (Å²) < 4.78 is 21.1. The van der Waals surface area contributed by atoms with Crippen LogP contribution in [0.1, 0.15) is 20.3 Å². The van der Waals surface area contributed by atoms with E-state index < -0.39 is 22.7 Å². The maximum Gasteiger partial charge on any atom is 0.358 e. The SMILES string of the molecule is CCO[SiH2]CCCOCC(C)(O)P(=O)(O)O. The van der Waals surface area contributed by atoms with Crippen molar-refractivity contribution in [3.8, 4) is 0 Å². The minimum absolute atomic E-state index is 0.354. The summed E-state index contributed by atoms with van der Waals surface area (Å²) in [6.45, 7) is 3.78. The second-order valence-corrected chi connectivity index (χ2v) is 7.29. The van der Waals surface area contributed by atoms with Crippen molar-refractivity contribution in [3.05, 3.63) is 0 Å². The summed E-state index contributed by atoms with van der Waals surface area (Å²) in [7, 11) is -4.99. The van der Waals surface area contributed by atoms with E-state index in [0.29, 0.717) is 6.61 Å². The molecule has 0 radical (unpaired) electrons. The van der Waals surface area contributed by atoms with Crippen molar-refractivity contribution in [2.24, 2.45) is 0 Å². The van der Waals surface area contributed by atoms with E-state index in [1.165, 1.54) is 0 Å². The Morgan fingerprint density at radius 1 is 1.44 bits per heavy atom. The predicted octanol–water partition coefficient (Wildman–Crippen LogP) is -0.182. The van der Waals surface area contributed by atoms with Crippen molar-refractivity contribution in [2.45, 2.75) is 31.7 Å². The summed E-state index contributed by atoms with van der Waals surface area (Å²) in [5.41, 5.74) is 0. The van der Waals surface area contributed by atoms with Crippen molar-refractivity contribution in [2.75, 3.05) is 19.8 Å². The first kappa shape index (κ1) is 16.2. The van der Waals surface area contributed by atoms with Crippen LogP contribution in [0.2, 0.25) is 6.04 Å². The van der Waals surface area contributed by atoms with Crippen LogP contribution in [0.25, 0.3) is 0 Å². The van der Waals surface area contributed by atoms with Gasteiger partial charge >= 0.3 is 7.60 Å². The summed E-state index contributed by atoms with van der Waals surface area (Å²) >= 11 is 0. The van der Waals surface area contributed by atoms with Gasteiger partial charge in [-0.2, -0.15) is 0 Å². The Kier molecular flexibility index (Phi) is 7.67. The molecule has 0 saturated carbocycles. The predicted molar refractivity (Wildman–Crippen MR) is 63.1 cm³/mol. The highest BCUT2D eigenvalue weighted by atomic mass is 31.2. The van der Waals surface area contributed by atoms with Crippen LogP contribution in [0, 0.1) is 0 Å². The maximum absolute atomic E-state index is 10.8. The third kappa shape index (κ3) is 6.75. The van der Waals surface area contributed by atoms with Crippen LogP contribution in [0.4, 0.5) is 0 Å². The third-order valence-corrected chi connectivity index (χ3v) is 4.90. The molecule has 0 aromatic heterocycles. The zero-order valence-electron chi connectivity index (χ0n) is 9.76. The van der Waals surface area contributed by atoms with E-state index in [1.54, 1.807) is 0 Å². The number of ether oxygens (including phenoxy) is 1. The summed E-state index contributed by atoms with van der Waals surface area (Å²) in [5.74, 6) is 0. The Morgan fingerprint density at radius 3 is 2.56 bits per heavy atom. The first-order chi connectivity index (χ1) is 7.31. The van der Waals surface area contributed by atoms with Gasteiger partial charge in [0.1, 0.15) is 0 Å². The molecular weight excluding hydrogens is 251 g/mol. The molecule has 0 aliphatic heterocycles. The van der Waals surface area contributed by atoms with Crippen LogP contribution < -0.4 is 0 Å². The molecule has 0 heterocycles. The highest BCUT2D eigenvalue weighted by molar-refractivity contribution is 7.53. The number of rotatable bonds is 9. The zero-order chi connectivity index (χ0) is 12.7. The highest BCUT2D eigenvalue weighted by Crippen LogP contribution is 2.48. The van der Waals surface area contributed by atoms with Gasteiger partial charge in [-0.25, -0.2) is 0 Å². The lowest BCUT2D eigenvalue weighted by Gasteiger charge is -2.23. The van der Waals surface area contributed by atoms with Crippen LogP contribution >= 0.6 is 7.60 Å². The lowest BCUT2D eigenvalue weighted by molar-refractivity contribution is 0.00441. The van der Waals surface area contributed by atoms with Crippen molar-refractivity contribution in [1.82, 2.24) is 0 Å². The molecule has 0 amide bonds. The molecule has 0 saturated heterocycles. The van der Waals surface area contributed by atoms with Gasteiger partial charge in [0, 0.05) is 13.2 Å². The lowest BCUT2D eigenvalue weighted by Crippen LogP contribution is -2.30. The molecule has 6 nitrogen and oxygen atoms in total. The quantitative estimate of drug-likeness (QED) is 0.306. The van der Waals surface area contributed by atoms with Crippen LogP contribution in [0.3, 0.4) is 0 Å². The molecule has 0 spiro atoms. The van der Waals surface area contributed by atoms with E-state index >= 15 is 0 Å². The summed E-state index contributed by atoms with van der Waals surface area (Å²) in [4.78, 5) is 17.6. The van der Waals surface area contributed by atoms with Crippen molar-refractivity contribution in [3.63, 3.8) is 0 Å². The minimum Gasteiger partial charge on any atom is -0.424 e. The number of hydrogen-bond acceptors (Lipinski definition) is 4. The van der Waals surface area contributed by atoms with Gasteiger partial charge in [0.15, 0.2) is 15.1 Å². The second kappa shape index (κ2) is 7.55. The van der Waals surface area contributed by atoms with Crippen LogP contribution in [-0.2, 0) is 13.7 Å². The fourth-order valence-electron chi connectivity index (χ4n) is 0.902. The first-order valence-corrected chi connectivity index (χ1v) is 8.43. The Labute approximate surface area is 98.1 Å². The van der Waals surface area contributed by atoms with Gasteiger partial charge < -0.3 is 24.1 Å². The molecule has 0 aromatic rings. The Bertz CT molecular complexity index is 229. The van der Waals surface area contributed by atoms with Gasteiger partial charge in [0.25, 0.3) is 0 Å². The minimum atomic E-state index is -4.52. The van der Waals surface area contributed by atoms with Gasteiger partial charge in [-0.1, -0.05) is 0 Å². The zero-order valence-corrected chi connectivity index (χ0v) is 12.1. The smallest absolute Gasteiger partial charge is 0.358 e. The molecule has 8 heteroatoms. The summed E-state index contributed by atoms with van der Waals surface area (Å²) in [5, 5.41) is 7.29. The molecule has 1 atom stereocenters. The standard InChI is InChI=1S/C8H21O6PSi/c1-3-14-16-6-4-5-13-7-8(2,9)15(10,11)12/h9H,3-7,16H2,1-2H3,(H2,10,11,12). The van der Waals surface area contributed by atoms with E-state index in [9.17, 15) is 9.67 Å². The van der Waals surface area contributed by atoms with Crippen molar-refractivity contribution >= 4 is 17.4 Å². The molecule has 0 aromatic carbocycles. The van der Waals surface area contributed by atoms with E-state index in [-0.39, 0.29) is 6.61 Å². The molecule has 0 fully saturated rings. The van der Waals surface area contributed by atoms with Gasteiger partial charge in [-0.3, -0.25) is 4.57 Å². The molecular formula is C8H21O6PSi. The lowest BCUT2D eigenvalue weighted by atomic mass is 10.4. The fourth-order valence-corrected chi connectivity index (χ4v) is 2.06. The van der Waals surface area contributed by atoms with Crippen LogP contribution in [-0.4, -0.2) is 49.8 Å². The monoisotopic (exact) mass is 272 g/mol. The van der Waals surface area contributed by atoms with Crippen LogP contribution in [0.15, 0.2) is 0 Å². The summed E-state index contributed by atoms with van der Waals surface area (Å²) in [6, 6.07) is 0.964. The van der Waals surface area contributed by atoms with Crippen molar-refractivity contribution in [1.29, 1.82) is 0 Å². The molecule has 0 aliphatic carbocycles. The number of aliphatic hydroxyl groups is 1. The normalized spacial score (nSPS) is 16.8. The topological polar surface area (TPSA) is 96.2 Å². The van der Waals surface area contributed by atoms with Gasteiger partial charge in [-0.15, -0.1) is 0 Å². The molecule has 0 aliphatic rings. The maximum atomic E-state index is 10.8. The average Bonchev–Trinajstić information content (AvgIpc) is 2.14. The highest BCUT2D eigenvalue weighted by Gasteiger charge is 2.40. The molecule has 1 unspecified atom stereocenters. The Hall–Kier alpha value is 0.247. The molecule has 0 rings (SSSR count). The number of hydrogen-bond donors (Lipinski definition) is 3. The summed E-state index contributed by atoms with van der Waals surface area (Å²) in [6.07, 6.45) is 0.795. The molecule has 3 N–H and O–H groups in total.